The second kappa shape index (κ2) is 5.15. The number of hydrogen-bond acceptors (Lipinski definition) is 4. The van der Waals surface area contributed by atoms with Gasteiger partial charge in [0, 0.05) is 23.7 Å². The minimum Gasteiger partial charge on any atom is -0.364 e. The Hall–Kier alpha value is -0.870. The molecule has 4 aliphatic rings. The lowest BCUT2D eigenvalue weighted by Gasteiger charge is -2.39. The van der Waals surface area contributed by atoms with Crippen LogP contribution in [0.15, 0.2) is 0 Å². The number of anilines is 1. The van der Waals surface area contributed by atoms with Gasteiger partial charge in [-0.3, -0.25) is 0 Å². The number of nitrogens with zero attached hydrogens (tertiary/aromatic N) is 2. The Balaban J connectivity index is 1.68. The molecule has 108 valence electrons. The number of nitrogens with one attached hydrogen (secondary N) is 2. The largest absolute Gasteiger partial charge is 0.364 e. The van der Waals surface area contributed by atoms with Crippen molar-refractivity contribution >= 4 is 17.4 Å². The topological polar surface area (TPSA) is 49.8 Å². The van der Waals surface area contributed by atoms with E-state index in [4.69, 9.17) is 11.6 Å². The van der Waals surface area contributed by atoms with Gasteiger partial charge in [0.2, 0.25) is 0 Å². The molecule has 0 spiro atoms. The fourth-order valence-corrected chi connectivity index (χ4v) is 4.48. The summed E-state index contributed by atoms with van der Waals surface area (Å²) in [5.41, 5.74) is 2.69. The average molecular weight is 293 g/mol. The average Bonchev–Trinajstić information content (AvgIpc) is 2.52. The molecule has 4 nitrogen and oxygen atoms in total. The molecule has 2 N–H and O–H groups in total. The van der Waals surface area contributed by atoms with E-state index in [1.165, 1.54) is 49.7 Å². The van der Waals surface area contributed by atoms with E-state index in [0.29, 0.717) is 23.0 Å². The van der Waals surface area contributed by atoms with Gasteiger partial charge in [0.1, 0.15) is 0 Å². The Morgan fingerprint density at radius 3 is 2.45 bits per heavy atom. The van der Waals surface area contributed by atoms with Gasteiger partial charge < -0.3 is 10.6 Å². The van der Waals surface area contributed by atoms with Crippen molar-refractivity contribution in [3.63, 3.8) is 0 Å². The maximum absolute atomic E-state index is 6.34. The van der Waals surface area contributed by atoms with Crippen LogP contribution in [0.3, 0.4) is 0 Å². The normalized spacial score (nSPS) is 31.9. The van der Waals surface area contributed by atoms with Gasteiger partial charge in [0.15, 0.2) is 11.0 Å². The molecule has 2 bridgehead atoms. The number of aromatic nitrogens is 2. The Morgan fingerprint density at radius 1 is 1.00 bits per heavy atom. The molecular formula is C15H21ClN4. The maximum atomic E-state index is 6.34. The molecular weight excluding hydrogens is 272 g/mol. The molecule has 0 unspecified atom stereocenters. The highest BCUT2D eigenvalue weighted by Crippen LogP contribution is 2.52. The van der Waals surface area contributed by atoms with Gasteiger partial charge in [0.25, 0.3) is 0 Å². The fraction of sp³-hybridized carbons (Fsp3) is 0.733. The SMILES string of the molecule is Clc1nnc(N[C@@H]2CCCNC2)c2c1C1CCC2CC1. The van der Waals surface area contributed by atoms with Crippen LogP contribution in [-0.4, -0.2) is 29.3 Å². The number of fused-ring (bicyclic) bond motifs is 2. The Morgan fingerprint density at radius 2 is 1.75 bits per heavy atom. The fourth-order valence-electron chi connectivity index (χ4n) is 4.19. The molecule has 1 aliphatic heterocycles. The molecule has 1 saturated heterocycles. The van der Waals surface area contributed by atoms with Gasteiger partial charge in [-0.1, -0.05) is 11.6 Å². The van der Waals surface area contributed by atoms with E-state index in [-0.39, 0.29) is 0 Å². The molecule has 0 aromatic carbocycles. The third kappa shape index (κ3) is 2.09. The summed E-state index contributed by atoms with van der Waals surface area (Å²) in [6.07, 6.45) is 7.56. The third-order valence-electron chi connectivity index (χ3n) is 5.19. The summed E-state index contributed by atoms with van der Waals surface area (Å²) in [5.74, 6) is 2.26. The standard InChI is InChI=1S/C15H21ClN4/c16-14-12-9-3-5-10(6-4-9)13(12)15(20-19-14)18-11-2-1-7-17-8-11/h9-11,17H,1-8H2,(H,18,20)/t9?,10?,11-/m1/s1. The van der Waals surface area contributed by atoms with Gasteiger partial charge >= 0.3 is 0 Å². The molecule has 5 heteroatoms. The zero-order chi connectivity index (χ0) is 13.5. The van der Waals surface area contributed by atoms with Crippen molar-refractivity contribution in [1.82, 2.24) is 15.5 Å². The van der Waals surface area contributed by atoms with E-state index < -0.39 is 0 Å². The zero-order valence-corrected chi connectivity index (χ0v) is 12.4. The minimum absolute atomic E-state index is 0.476. The number of hydrogen-bond donors (Lipinski definition) is 2. The number of halogens is 1. The quantitative estimate of drug-likeness (QED) is 0.880. The van der Waals surface area contributed by atoms with Gasteiger partial charge in [-0.05, 0) is 56.9 Å². The Kier molecular flexibility index (Phi) is 3.31. The highest BCUT2D eigenvalue weighted by molar-refractivity contribution is 6.30. The van der Waals surface area contributed by atoms with Gasteiger partial charge in [-0.25, -0.2) is 0 Å². The van der Waals surface area contributed by atoms with E-state index >= 15 is 0 Å². The van der Waals surface area contributed by atoms with Crippen molar-refractivity contribution in [2.24, 2.45) is 0 Å². The Bertz CT molecular complexity index is 505. The first-order valence-corrected chi connectivity index (χ1v) is 8.24. The number of piperidine rings is 1. The molecule has 5 rings (SSSR count). The molecule has 20 heavy (non-hydrogen) atoms. The summed E-state index contributed by atoms with van der Waals surface area (Å²) >= 11 is 6.34. The zero-order valence-electron chi connectivity index (χ0n) is 11.7. The highest BCUT2D eigenvalue weighted by Gasteiger charge is 2.37. The van der Waals surface area contributed by atoms with Crippen molar-refractivity contribution in [3.8, 4) is 0 Å². The predicted molar refractivity (Wildman–Crippen MR) is 80.5 cm³/mol. The van der Waals surface area contributed by atoms with Gasteiger partial charge in [-0.2, -0.15) is 0 Å². The van der Waals surface area contributed by atoms with Crippen molar-refractivity contribution in [2.45, 2.75) is 56.4 Å². The molecule has 1 aromatic heterocycles. The first-order chi connectivity index (χ1) is 9.83. The maximum Gasteiger partial charge on any atom is 0.155 e. The van der Waals surface area contributed by atoms with Crippen molar-refractivity contribution in [1.29, 1.82) is 0 Å². The van der Waals surface area contributed by atoms with Crippen LogP contribution in [0.2, 0.25) is 5.15 Å². The monoisotopic (exact) mass is 292 g/mol. The molecule has 1 atom stereocenters. The van der Waals surface area contributed by atoms with Gasteiger partial charge in [-0.15, -0.1) is 10.2 Å². The summed E-state index contributed by atoms with van der Waals surface area (Å²) in [5, 5.41) is 16.3. The molecule has 2 fully saturated rings. The summed E-state index contributed by atoms with van der Waals surface area (Å²) in [6, 6.07) is 0.476. The smallest absolute Gasteiger partial charge is 0.155 e. The van der Waals surface area contributed by atoms with Crippen LogP contribution in [0.5, 0.6) is 0 Å². The molecule has 0 amide bonds. The van der Waals surface area contributed by atoms with Crippen LogP contribution in [-0.2, 0) is 0 Å². The van der Waals surface area contributed by atoms with Crippen LogP contribution in [0.1, 0.15) is 61.5 Å². The first kappa shape index (κ1) is 12.8. The molecule has 3 aliphatic carbocycles. The van der Waals surface area contributed by atoms with Crippen molar-refractivity contribution in [3.05, 3.63) is 16.3 Å². The van der Waals surface area contributed by atoms with Crippen LogP contribution in [0.4, 0.5) is 5.82 Å². The summed E-state index contributed by atoms with van der Waals surface area (Å²) in [7, 11) is 0. The lowest BCUT2D eigenvalue weighted by molar-refractivity contribution is 0.356. The lowest BCUT2D eigenvalue weighted by atomic mass is 9.67. The van der Waals surface area contributed by atoms with Crippen molar-refractivity contribution < 1.29 is 0 Å². The third-order valence-corrected chi connectivity index (χ3v) is 5.47. The molecule has 2 heterocycles. The Labute approximate surface area is 124 Å². The summed E-state index contributed by atoms with van der Waals surface area (Å²) < 4.78 is 0. The first-order valence-electron chi connectivity index (χ1n) is 7.86. The van der Waals surface area contributed by atoms with E-state index in [2.05, 4.69) is 20.8 Å². The second-order valence-corrected chi connectivity index (χ2v) is 6.76. The van der Waals surface area contributed by atoms with Crippen LogP contribution in [0.25, 0.3) is 0 Å². The van der Waals surface area contributed by atoms with Crippen molar-refractivity contribution in [2.75, 3.05) is 18.4 Å². The minimum atomic E-state index is 0.476. The van der Waals surface area contributed by atoms with Gasteiger partial charge in [0.05, 0.1) is 0 Å². The predicted octanol–water partition coefficient (Wildman–Crippen LogP) is 3.05. The molecule has 1 aromatic rings. The molecule has 1 saturated carbocycles. The summed E-state index contributed by atoms with van der Waals surface area (Å²) in [6.45, 7) is 2.15. The van der Waals surface area contributed by atoms with Crippen LogP contribution < -0.4 is 10.6 Å². The highest BCUT2D eigenvalue weighted by atomic mass is 35.5. The summed E-state index contributed by atoms with van der Waals surface area (Å²) in [4.78, 5) is 0. The van der Waals surface area contributed by atoms with E-state index in [1.54, 1.807) is 0 Å². The molecule has 0 radical (unpaired) electrons. The van der Waals surface area contributed by atoms with E-state index in [9.17, 15) is 0 Å². The van der Waals surface area contributed by atoms with E-state index in [0.717, 1.165) is 18.9 Å². The van der Waals surface area contributed by atoms with Crippen LogP contribution >= 0.6 is 11.6 Å². The lowest BCUT2D eigenvalue weighted by Crippen LogP contribution is -2.39. The number of rotatable bonds is 2. The van der Waals surface area contributed by atoms with E-state index in [1.807, 2.05) is 0 Å². The second-order valence-electron chi connectivity index (χ2n) is 6.40. The van der Waals surface area contributed by atoms with Crippen LogP contribution in [0, 0.1) is 0 Å².